The van der Waals surface area contributed by atoms with Crippen LogP contribution in [0.25, 0.3) is 0 Å². The average Bonchev–Trinajstić information content (AvgIpc) is 2.18. The van der Waals surface area contributed by atoms with Crippen LogP contribution in [0.2, 0.25) is 0 Å². The van der Waals surface area contributed by atoms with E-state index >= 15 is 0 Å². The number of nitrogens with one attached hydrogen (secondary N) is 1. The second kappa shape index (κ2) is 4.99. The molecule has 0 spiro atoms. The van der Waals surface area contributed by atoms with Crippen LogP contribution in [0, 0.1) is 0 Å². The average molecular weight is 208 g/mol. The highest BCUT2D eigenvalue weighted by Crippen LogP contribution is 2.10. The fourth-order valence-electron chi connectivity index (χ4n) is 1.05. The lowest BCUT2D eigenvalue weighted by atomic mass is 10.2. The number of benzene rings is 1. The number of carbonyl (C=O) groups is 2. The SMILES string of the molecule is CCOC(=O)c1ccc(NC(N)=O)cc1. The van der Waals surface area contributed by atoms with Crippen molar-refractivity contribution in [2.24, 2.45) is 5.73 Å². The number of hydrogen-bond acceptors (Lipinski definition) is 3. The first-order valence-electron chi connectivity index (χ1n) is 4.47. The minimum absolute atomic E-state index is 0.333. The van der Waals surface area contributed by atoms with E-state index in [1.54, 1.807) is 31.2 Å². The molecule has 1 rings (SSSR count). The molecule has 0 heterocycles. The Balaban J connectivity index is 2.71. The summed E-state index contributed by atoms with van der Waals surface area (Å²) in [6, 6.07) is 5.64. The molecule has 0 aliphatic carbocycles. The maximum Gasteiger partial charge on any atom is 0.338 e. The van der Waals surface area contributed by atoms with E-state index < -0.39 is 6.03 Å². The van der Waals surface area contributed by atoms with E-state index in [-0.39, 0.29) is 5.97 Å². The molecule has 0 aliphatic heterocycles. The van der Waals surface area contributed by atoms with E-state index in [2.05, 4.69) is 5.32 Å². The first kappa shape index (κ1) is 11.0. The normalized spacial score (nSPS) is 9.40. The van der Waals surface area contributed by atoms with Crippen LogP contribution in [0.5, 0.6) is 0 Å². The fraction of sp³-hybridized carbons (Fsp3) is 0.200. The van der Waals surface area contributed by atoms with Crippen LogP contribution in [0.15, 0.2) is 24.3 Å². The Bertz CT molecular complexity index is 359. The Kier molecular flexibility index (Phi) is 3.68. The van der Waals surface area contributed by atoms with Crippen molar-refractivity contribution < 1.29 is 14.3 Å². The molecule has 0 radical (unpaired) electrons. The van der Waals surface area contributed by atoms with Crippen molar-refractivity contribution >= 4 is 17.7 Å². The molecule has 0 aliphatic rings. The maximum atomic E-state index is 11.2. The van der Waals surface area contributed by atoms with E-state index in [4.69, 9.17) is 10.5 Å². The second-order valence-electron chi connectivity index (χ2n) is 2.79. The minimum Gasteiger partial charge on any atom is -0.462 e. The van der Waals surface area contributed by atoms with Crippen LogP contribution in [0.3, 0.4) is 0 Å². The predicted octanol–water partition coefficient (Wildman–Crippen LogP) is 1.35. The quantitative estimate of drug-likeness (QED) is 0.735. The van der Waals surface area contributed by atoms with Gasteiger partial charge in [0.05, 0.1) is 12.2 Å². The summed E-state index contributed by atoms with van der Waals surface area (Å²) in [5.41, 5.74) is 5.90. The molecule has 15 heavy (non-hydrogen) atoms. The topological polar surface area (TPSA) is 81.4 Å². The molecule has 80 valence electrons. The van der Waals surface area contributed by atoms with Crippen LogP contribution in [-0.2, 0) is 4.74 Å². The zero-order chi connectivity index (χ0) is 11.3. The number of nitrogens with two attached hydrogens (primary N) is 1. The lowest BCUT2D eigenvalue weighted by Crippen LogP contribution is -2.19. The van der Waals surface area contributed by atoms with Crippen LogP contribution < -0.4 is 11.1 Å². The van der Waals surface area contributed by atoms with Crippen LogP contribution in [0.1, 0.15) is 17.3 Å². The molecule has 0 unspecified atom stereocenters. The molecule has 0 bridgehead atoms. The first-order valence-corrected chi connectivity index (χ1v) is 4.47. The molecule has 5 nitrogen and oxygen atoms in total. The van der Waals surface area contributed by atoms with Crippen molar-refractivity contribution in [1.82, 2.24) is 0 Å². The number of anilines is 1. The van der Waals surface area contributed by atoms with E-state index in [1.807, 2.05) is 0 Å². The van der Waals surface area contributed by atoms with Crippen molar-refractivity contribution in [3.63, 3.8) is 0 Å². The van der Waals surface area contributed by atoms with Gasteiger partial charge in [-0.05, 0) is 31.2 Å². The third kappa shape index (κ3) is 3.30. The summed E-state index contributed by atoms with van der Waals surface area (Å²) in [4.78, 5) is 21.8. The summed E-state index contributed by atoms with van der Waals surface area (Å²) in [6.07, 6.45) is 0. The molecular formula is C10H12N2O3. The lowest BCUT2D eigenvalue weighted by molar-refractivity contribution is 0.0526. The van der Waals surface area contributed by atoms with Gasteiger partial charge in [-0.1, -0.05) is 0 Å². The van der Waals surface area contributed by atoms with Crippen molar-refractivity contribution in [2.45, 2.75) is 6.92 Å². The molecule has 2 amide bonds. The van der Waals surface area contributed by atoms with E-state index in [9.17, 15) is 9.59 Å². The molecule has 1 aromatic rings. The summed E-state index contributed by atoms with van der Waals surface area (Å²) in [5.74, 6) is -0.386. The van der Waals surface area contributed by atoms with Crippen molar-refractivity contribution in [3.05, 3.63) is 29.8 Å². The molecule has 0 atom stereocenters. The zero-order valence-corrected chi connectivity index (χ0v) is 8.32. The molecule has 0 saturated heterocycles. The van der Waals surface area contributed by atoms with Gasteiger partial charge in [0, 0.05) is 5.69 Å². The monoisotopic (exact) mass is 208 g/mol. The highest BCUT2D eigenvalue weighted by Gasteiger charge is 2.05. The van der Waals surface area contributed by atoms with Gasteiger partial charge in [-0.15, -0.1) is 0 Å². The van der Waals surface area contributed by atoms with Crippen molar-refractivity contribution in [1.29, 1.82) is 0 Å². The third-order valence-corrected chi connectivity index (χ3v) is 1.66. The number of ether oxygens (including phenoxy) is 1. The summed E-state index contributed by atoms with van der Waals surface area (Å²) in [5, 5.41) is 2.39. The lowest BCUT2D eigenvalue weighted by Gasteiger charge is -2.03. The zero-order valence-electron chi connectivity index (χ0n) is 8.32. The van der Waals surface area contributed by atoms with Gasteiger partial charge < -0.3 is 15.8 Å². The van der Waals surface area contributed by atoms with Crippen molar-refractivity contribution in [3.8, 4) is 0 Å². The molecule has 1 aromatic carbocycles. The van der Waals surface area contributed by atoms with Gasteiger partial charge in [-0.3, -0.25) is 0 Å². The molecule has 0 aromatic heterocycles. The van der Waals surface area contributed by atoms with Crippen LogP contribution in [-0.4, -0.2) is 18.6 Å². The number of esters is 1. The maximum absolute atomic E-state index is 11.2. The fourth-order valence-corrected chi connectivity index (χ4v) is 1.05. The smallest absolute Gasteiger partial charge is 0.338 e. The Morgan fingerprint density at radius 3 is 2.40 bits per heavy atom. The molecule has 0 fully saturated rings. The van der Waals surface area contributed by atoms with Gasteiger partial charge in [0.1, 0.15) is 0 Å². The van der Waals surface area contributed by atoms with E-state index in [0.29, 0.717) is 17.9 Å². The Morgan fingerprint density at radius 2 is 1.93 bits per heavy atom. The number of amides is 2. The predicted molar refractivity (Wildman–Crippen MR) is 55.6 cm³/mol. The van der Waals surface area contributed by atoms with Gasteiger partial charge in [0.2, 0.25) is 0 Å². The van der Waals surface area contributed by atoms with Crippen LogP contribution in [0.4, 0.5) is 10.5 Å². The van der Waals surface area contributed by atoms with Gasteiger partial charge in [0.15, 0.2) is 0 Å². The minimum atomic E-state index is -0.640. The highest BCUT2D eigenvalue weighted by molar-refractivity contribution is 5.91. The number of carbonyl (C=O) groups excluding carboxylic acids is 2. The summed E-state index contributed by atoms with van der Waals surface area (Å²) in [7, 11) is 0. The van der Waals surface area contributed by atoms with E-state index in [1.165, 1.54) is 0 Å². The van der Waals surface area contributed by atoms with Crippen LogP contribution >= 0.6 is 0 Å². The first-order chi connectivity index (χ1) is 7.13. The molecule has 5 heteroatoms. The summed E-state index contributed by atoms with van der Waals surface area (Å²) >= 11 is 0. The molecule has 3 N–H and O–H groups in total. The van der Waals surface area contributed by atoms with E-state index in [0.717, 1.165) is 0 Å². The largest absolute Gasteiger partial charge is 0.462 e. The van der Waals surface area contributed by atoms with Gasteiger partial charge in [-0.2, -0.15) is 0 Å². The number of urea groups is 1. The Morgan fingerprint density at radius 1 is 1.33 bits per heavy atom. The Labute approximate surface area is 87.2 Å². The third-order valence-electron chi connectivity index (χ3n) is 1.66. The number of rotatable bonds is 3. The number of hydrogen-bond donors (Lipinski definition) is 2. The standard InChI is InChI=1S/C10H12N2O3/c1-2-15-9(13)7-3-5-8(6-4-7)12-10(11)14/h3-6H,2H2,1H3,(H3,11,12,14). The van der Waals surface area contributed by atoms with Gasteiger partial charge in [-0.25, -0.2) is 9.59 Å². The highest BCUT2D eigenvalue weighted by atomic mass is 16.5. The Hall–Kier alpha value is -2.04. The van der Waals surface area contributed by atoms with Gasteiger partial charge in [0.25, 0.3) is 0 Å². The molecular weight excluding hydrogens is 196 g/mol. The molecule has 0 saturated carbocycles. The summed E-state index contributed by atoms with van der Waals surface area (Å²) < 4.78 is 4.80. The van der Waals surface area contributed by atoms with Crippen molar-refractivity contribution in [2.75, 3.05) is 11.9 Å². The summed E-state index contributed by atoms with van der Waals surface area (Å²) in [6.45, 7) is 2.07. The number of primary amides is 1. The van der Waals surface area contributed by atoms with Gasteiger partial charge >= 0.3 is 12.0 Å². The second-order valence-corrected chi connectivity index (χ2v) is 2.79.